The van der Waals surface area contributed by atoms with Gasteiger partial charge in [0.2, 0.25) is 0 Å². The zero-order chi connectivity index (χ0) is 13.8. The van der Waals surface area contributed by atoms with Crippen LogP contribution in [-0.2, 0) is 6.42 Å². The summed E-state index contributed by atoms with van der Waals surface area (Å²) in [6.45, 7) is 0.974. The number of nitrogens with zero attached hydrogens (tertiary/aromatic N) is 2. The molecule has 0 unspecified atom stereocenters. The van der Waals surface area contributed by atoms with Crippen molar-refractivity contribution in [3.8, 4) is 6.07 Å². The van der Waals surface area contributed by atoms with Crippen molar-refractivity contribution in [2.24, 2.45) is 5.92 Å². The highest BCUT2D eigenvalue weighted by Gasteiger charge is 2.19. The van der Waals surface area contributed by atoms with Gasteiger partial charge in [0.15, 0.2) is 12.0 Å². The Labute approximate surface area is 118 Å². The van der Waals surface area contributed by atoms with E-state index in [0.29, 0.717) is 6.04 Å². The highest BCUT2D eigenvalue weighted by molar-refractivity contribution is 5.72. The van der Waals surface area contributed by atoms with Gasteiger partial charge in [-0.15, -0.1) is 0 Å². The van der Waals surface area contributed by atoms with Crippen LogP contribution in [-0.4, -0.2) is 17.6 Å². The molecule has 3 rings (SSSR count). The van der Waals surface area contributed by atoms with Gasteiger partial charge in [-0.05, 0) is 56.3 Å². The Balaban J connectivity index is 1.47. The summed E-state index contributed by atoms with van der Waals surface area (Å²) >= 11 is 0. The van der Waals surface area contributed by atoms with Crippen molar-refractivity contribution in [3.63, 3.8) is 0 Å². The van der Waals surface area contributed by atoms with E-state index in [1.165, 1.54) is 12.0 Å². The van der Waals surface area contributed by atoms with E-state index >= 15 is 0 Å². The fourth-order valence-electron chi connectivity index (χ4n) is 2.90. The minimum absolute atomic E-state index is 0.280. The Hall–Kier alpha value is -1.86. The lowest BCUT2D eigenvalue weighted by atomic mass is 9.87. The molecule has 1 aliphatic rings. The first-order valence-electron chi connectivity index (χ1n) is 7.30. The summed E-state index contributed by atoms with van der Waals surface area (Å²) in [6, 6.07) is 9.14. The van der Waals surface area contributed by atoms with Crippen LogP contribution in [0, 0.1) is 17.2 Å². The molecule has 0 bridgehead atoms. The van der Waals surface area contributed by atoms with Gasteiger partial charge in [-0.1, -0.05) is 6.07 Å². The molecule has 0 atom stereocenters. The van der Waals surface area contributed by atoms with Crippen LogP contribution in [0.4, 0.5) is 0 Å². The maximum absolute atomic E-state index is 8.89. The van der Waals surface area contributed by atoms with E-state index in [1.807, 2.05) is 6.07 Å². The molecule has 0 radical (unpaired) electrons. The average Bonchev–Trinajstić information content (AvgIpc) is 2.95. The van der Waals surface area contributed by atoms with Gasteiger partial charge in [-0.2, -0.15) is 5.26 Å². The monoisotopic (exact) mass is 269 g/mol. The van der Waals surface area contributed by atoms with E-state index in [2.05, 4.69) is 28.5 Å². The van der Waals surface area contributed by atoms with E-state index in [1.54, 1.807) is 0 Å². The van der Waals surface area contributed by atoms with Crippen LogP contribution in [0.1, 0.15) is 31.2 Å². The zero-order valence-electron chi connectivity index (χ0n) is 11.5. The molecule has 1 N–H and O–H groups in total. The van der Waals surface area contributed by atoms with Gasteiger partial charge in [0, 0.05) is 12.0 Å². The highest BCUT2D eigenvalue weighted by atomic mass is 16.3. The smallest absolute Gasteiger partial charge is 0.181 e. The van der Waals surface area contributed by atoms with Crippen molar-refractivity contribution in [3.05, 3.63) is 30.2 Å². The van der Waals surface area contributed by atoms with Crippen molar-refractivity contribution >= 4 is 11.1 Å². The molecule has 2 aromatic rings. The maximum Gasteiger partial charge on any atom is 0.181 e. The van der Waals surface area contributed by atoms with Crippen LogP contribution in [0.15, 0.2) is 29.0 Å². The summed E-state index contributed by atoms with van der Waals surface area (Å²) in [4.78, 5) is 4.12. The molecule has 4 heteroatoms. The van der Waals surface area contributed by atoms with Crippen molar-refractivity contribution in [2.75, 3.05) is 6.54 Å². The second-order valence-electron chi connectivity index (χ2n) is 5.54. The van der Waals surface area contributed by atoms with Gasteiger partial charge in [-0.25, -0.2) is 4.98 Å². The molecule has 0 spiro atoms. The predicted molar refractivity (Wildman–Crippen MR) is 77.1 cm³/mol. The topological polar surface area (TPSA) is 61.9 Å². The molecule has 1 aliphatic carbocycles. The van der Waals surface area contributed by atoms with Crippen molar-refractivity contribution in [1.82, 2.24) is 10.3 Å². The van der Waals surface area contributed by atoms with E-state index in [4.69, 9.17) is 9.68 Å². The first kappa shape index (κ1) is 13.1. The van der Waals surface area contributed by atoms with Gasteiger partial charge in [0.1, 0.15) is 5.52 Å². The Bertz CT molecular complexity index is 605. The Morgan fingerprint density at radius 2 is 2.15 bits per heavy atom. The highest BCUT2D eigenvalue weighted by Crippen LogP contribution is 2.23. The first-order chi connectivity index (χ1) is 9.85. The van der Waals surface area contributed by atoms with E-state index in [0.717, 1.165) is 49.7 Å². The Kier molecular flexibility index (Phi) is 3.98. The molecule has 1 fully saturated rings. The van der Waals surface area contributed by atoms with Crippen molar-refractivity contribution < 1.29 is 4.42 Å². The molecule has 4 nitrogen and oxygen atoms in total. The Morgan fingerprint density at radius 3 is 2.95 bits per heavy atom. The fourth-order valence-corrected chi connectivity index (χ4v) is 2.90. The maximum atomic E-state index is 8.89. The predicted octanol–water partition coefficient (Wildman–Crippen LogP) is 3.04. The van der Waals surface area contributed by atoms with Crippen LogP contribution in [0.2, 0.25) is 0 Å². The van der Waals surface area contributed by atoms with E-state index < -0.39 is 0 Å². The van der Waals surface area contributed by atoms with Gasteiger partial charge in [0.05, 0.1) is 6.07 Å². The quantitative estimate of drug-likeness (QED) is 0.926. The number of rotatable bonds is 4. The second-order valence-corrected chi connectivity index (χ2v) is 5.54. The standard InChI is InChI=1S/C16H19N3O/c17-10-13-1-4-14(5-2-13)18-8-7-12-3-6-15-16(9-12)20-11-19-15/h3,6,9,11,13-14,18H,1-2,4-5,7-8H2. The number of hydrogen-bond donors (Lipinski definition) is 1. The molecular weight excluding hydrogens is 250 g/mol. The molecule has 1 heterocycles. The lowest BCUT2D eigenvalue weighted by Crippen LogP contribution is -2.34. The number of nitrogens with one attached hydrogen (secondary N) is 1. The molecule has 0 amide bonds. The first-order valence-corrected chi connectivity index (χ1v) is 7.30. The lowest BCUT2D eigenvalue weighted by molar-refractivity contribution is 0.334. The van der Waals surface area contributed by atoms with Crippen LogP contribution in [0.25, 0.3) is 11.1 Å². The van der Waals surface area contributed by atoms with Crippen LogP contribution < -0.4 is 5.32 Å². The van der Waals surface area contributed by atoms with Gasteiger partial charge < -0.3 is 9.73 Å². The molecule has 0 aliphatic heterocycles. The number of benzene rings is 1. The van der Waals surface area contributed by atoms with Crippen LogP contribution in [0.3, 0.4) is 0 Å². The third-order valence-corrected chi connectivity index (χ3v) is 4.15. The number of oxazole rings is 1. The summed E-state index contributed by atoms with van der Waals surface area (Å²) < 4.78 is 5.32. The third kappa shape index (κ3) is 3.00. The average molecular weight is 269 g/mol. The van der Waals surface area contributed by atoms with Crippen molar-refractivity contribution in [1.29, 1.82) is 5.26 Å². The largest absolute Gasteiger partial charge is 0.443 e. The SMILES string of the molecule is N#CC1CCC(NCCc2ccc3ncoc3c2)CC1. The Morgan fingerprint density at radius 1 is 1.30 bits per heavy atom. The summed E-state index contributed by atoms with van der Waals surface area (Å²) in [5.41, 5.74) is 3.04. The molecule has 1 saturated carbocycles. The van der Waals surface area contributed by atoms with Gasteiger partial charge in [-0.3, -0.25) is 0 Å². The van der Waals surface area contributed by atoms with E-state index in [9.17, 15) is 0 Å². The van der Waals surface area contributed by atoms with Crippen LogP contribution >= 0.6 is 0 Å². The molecule has 1 aromatic heterocycles. The summed E-state index contributed by atoms with van der Waals surface area (Å²) in [5.74, 6) is 0.280. The molecule has 20 heavy (non-hydrogen) atoms. The van der Waals surface area contributed by atoms with Crippen LogP contribution in [0.5, 0.6) is 0 Å². The van der Waals surface area contributed by atoms with E-state index in [-0.39, 0.29) is 5.92 Å². The third-order valence-electron chi connectivity index (χ3n) is 4.15. The normalized spacial score (nSPS) is 22.8. The number of hydrogen-bond acceptors (Lipinski definition) is 4. The molecule has 104 valence electrons. The second kappa shape index (κ2) is 6.06. The number of fused-ring (bicyclic) bond motifs is 1. The minimum atomic E-state index is 0.280. The van der Waals surface area contributed by atoms with Gasteiger partial charge in [0.25, 0.3) is 0 Å². The number of nitriles is 1. The molecule has 1 aromatic carbocycles. The lowest BCUT2D eigenvalue weighted by Gasteiger charge is -2.25. The fraction of sp³-hybridized carbons (Fsp3) is 0.500. The zero-order valence-corrected chi connectivity index (χ0v) is 11.5. The minimum Gasteiger partial charge on any atom is -0.443 e. The van der Waals surface area contributed by atoms with Crippen molar-refractivity contribution in [2.45, 2.75) is 38.1 Å². The molecular formula is C16H19N3O. The number of aromatic nitrogens is 1. The molecule has 0 saturated heterocycles. The summed E-state index contributed by atoms with van der Waals surface area (Å²) in [7, 11) is 0. The summed E-state index contributed by atoms with van der Waals surface area (Å²) in [5, 5.41) is 12.5. The summed E-state index contributed by atoms with van der Waals surface area (Å²) in [6.07, 6.45) is 6.81. The van der Waals surface area contributed by atoms with Gasteiger partial charge >= 0.3 is 0 Å².